The van der Waals surface area contributed by atoms with Crippen LogP contribution >= 0.6 is 0 Å². The Kier molecular flexibility index (Phi) is 4.13. The minimum atomic E-state index is -1.45. The van der Waals surface area contributed by atoms with Gasteiger partial charge in [0.1, 0.15) is 5.60 Å². The van der Waals surface area contributed by atoms with Crippen LogP contribution in [0.4, 0.5) is 9.18 Å². The summed E-state index contributed by atoms with van der Waals surface area (Å²) in [4.78, 5) is 11.3. The number of halogens is 1. The molecule has 1 heterocycles. The van der Waals surface area contributed by atoms with Gasteiger partial charge in [0.2, 0.25) is 0 Å². The van der Waals surface area contributed by atoms with Gasteiger partial charge in [-0.2, -0.15) is 0 Å². The summed E-state index contributed by atoms with van der Waals surface area (Å²) in [6.07, 6.45) is 0.519. The molecule has 1 saturated heterocycles. The van der Waals surface area contributed by atoms with Crippen LogP contribution in [-0.4, -0.2) is 37.1 Å². The monoisotopic (exact) mass is 233 g/mol. The SMILES string of the molecule is CC(C)(C)OC(=O)NCC1(F)CCCOC1. The molecule has 1 N–H and O–H groups in total. The Bertz CT molecular complexity index is 244. The average Bonchev–Trinajstić information content (AvgIpc) is 2.14. The van der Waals surface area contributed by atoms with E-state index in [1.165, 1.54) is 0 Å². The molecule has 5 heteroatoms. The number of hydrogen-bond acceptors (Lipinski definition) is 3. The summed E-state index contributed by atoms with van der Waals surface area (Å²) in [5.74, 6) is 0. The van der Waals surface area contributed by atoms with Crippen LogP contribution in [0, 0.1) is 0 Å². The van der Waals surface area contributed by atoms with Gasteiger partial charge in [-0.1, -0.05) is 0 Å². The predicted molar refractivity (Wildman–Crippen MR) is 58.1 cm³/mol. The molecule has 1 atom stereocenters. The standard InChI is InChI=1S/C11H20FNO3/c1-10(2,3)16-9(14)13-7-11(12)5-4-6-15-8-11/h4-8H2,1-3H3,(H,13,14). The van der Waals surface area contributed by atoms with Crippen LogP contribution in [0.5, 0.6) is 0 Å². The van der Waals surface area contributed by atoms with Gasteiger partial charge in [0.25, 0.3) is 0 Å². The molecule has 1 aliphatic rings. The minimum Gasteiger partial charge on any atom is -0.444 e. The Morgan fingerprint density at radius 1 is 1.56 bits per heavy atom. The quantitative estimate of drug-likeness (QED) is 0.793. The summed E-state index contributed by atoms with van der Waals surface area (Å²) in [7, 11) is 0. The molecule has 0 aromatic rings. The molecule has 16 heavy (non-hydrogen) atoms. The highest BCUT2D eigenvalue weighted by molar-refractivity contribution is 5.67. The highest BCUT2D eigenvalue weighted by atomic mass is 19.1. The Morgan fingerprint density at radius 2 is 2.25 bits per heavy atom. The van der Waals surface area contributed by atoms with Crippen LogP contribution in [0.2, 0.25) is 0 Å². The van der Waals surface area contributed by atoms with Gasteiger partial charge in [-0.05, 0) is 33.6 Å². The molecule has 0 aliphatic carbocycles. The lowest BCUT2D eigenvalue weighted by atomic mass is 9.99. The maximum Gasteiger partial charge on any atom is 0.407 e. The summed E-state index contributed by atoms with van der Waals surface area (Å²) in [6.45, 7) is 5.88. The minimum absolute atomic E-state index is 0.0444. The fraction of sp³-hybridized carbons (Fsp3) is 0.909. The highest BCUT2D eigenvalue weighted by Gasteiger charge is 2.33. The predicted octanol–water partition coefficient (Wildman–Crippen LogP) is 2.03. The van der Waals surface area contributed by atoms with Crippen molar-refractivity contribution in [3.8, 4) is 0 Å². The molecule has 0 saturated carbocycles. The molecule has 94 valence electrons. The first-order chi connectivity index (χ1) is 7.31. The lowest BCUT2D eigenvalue weighted by molar-refractivity contribution is -0.0316. The zero-order chi connectivity index (χ0) is 12.2. The van der Waals surface area contributed by atoms with E-state index in [1.54, 1.807) is 20.8 Å². The van der Waals surface area contributed by atoms with E-state index in [2.05, 4.69) is 5.32 Å². The molecule has 4 nitrogen and oxygen atoms in total. The third-order valence-corrected chi connectivity index (χ3v) is 2.22. The van der Waals surface area contributed by atoms with E-state index in [0.29, 0.717) is 19.4 Å². The van der Waals surface area contributed by atoms with Crippen molar-refractivity contribution in [1.29, 1.82) is 0 Å². The van der Waals surface area contributed by atoms with Crippen LogP contribution in [0.25, 0.3) is 0 Å². The van der Waals surface area contributed by atoms with Gasteiger partial charge in [-0.25, -0.2) is 9.18 Å². The van der Waals surface area contributed by atoms with Gasteiger partial charge in [-0.3, -0.25) is 0 Å². The normalized spacial score (nSPS) is 26.2. The lowest BCUT2D eigenvalue weighted by Crippen LogP contribution is -2.46. The van der Waals surface area contributed by atoms with Gasteiger partial charge < -0.3 is 14.8 Å². The molecule has 0 radical (unpaired) electrons. The molecule has 1 unspecified atom stereocenters. The second-order valence-electron chi connectivity index (χ2n) is 5.16. The third kappa shape index (κ3) is 4.79. The first kappa shape index (κ1) is 13.2. The van der Waals surface area contributed by atoms with Crippen molar-refractivity contribution in [2.75, 3.05) is 19.8 Å². The smallest absolute Gasteiger partial charge is 0.407 e. The Hall–Kier alpha value is -0.840. The van der Waals surface area contributed by atoms with E-state index in [4.69, 9.17) is 9.47 Å². The largest absolute Gasteiger partial charge is 0.444 e. The number of alkyl carbamates (subject to hydrolysis) is 1. The van der Waals surface area contributed by atoms with Crippen LogP contribution in [0.1, 0.15) is 33.6 Å². The molecule has 1 amide bonds. The number of rotatable bonds is 2. The highest BCUT2D eigenvalue weighted by Crippen LogP contribution is 2.22. The molecule has 0 aromatic carbocycles. The van der Waals surface area contributed by atoms with Crippen LogP contribution in [0.3, 0.4) is 0 Å². The van der Waals surface area contributed by atoms with Gasteiger partial charge in [-0.15, -0.1) is 0 Å². The summed E-state index contributed by atoms with van der Waals surface area (Å²) in [5.41, 5.74) is -2.01. The zero-order valence-corrected chi connectivity index (χ0v) is 10.1. The number of nitrogens with one attached hydrogen (secondary N) is 1. The molecular weight excluding hydrogens is 213 g/mol. The van der Waals surface area contributed by atoms with E-state index in [-0.39, 0.29) is 13.2 Å². The summed E-state index contributed by atoms with van der Waals surface area (Å²) < 4.78 is 24.0. The summed E-state index contributed by atoms with van der Waals surface area (Å²) in [6, 6.07) is 0. The lowest BCUT2D eigenvalue weighted by Gasteiger charge is -2.30. The van der Waals surface area contributed by atoms with Gasteiger partial charge in [0, 0.05) is 6.61 Å². The van der Waals surface area contributed by atoms with E-state index in [0.717, 1.165) is 0 Å². The van der Waals surface area contributed by atoms with Crippen LogP contribution in [-0.2, 0) is 9.47 Å². The fourth-order valence-electron chi connectivity index (χ4n) is 1.50. The fourth-order valence-corrected chi connectivity index (χ4v) is 1.50. The Morgan fingerprint density at radius 3 is 2.75 bits per heavy atom. The van der Waals surface area contributed by atoms with Crippen molar-refractivity contribution < 1.29 is 18.7 Å². The molecule has 0 aromatic heterocycles. The maximum atomic E-state index is 14.0. The number of amides is 1. The van der Waals surface area contributed by atoms with Crippen LogP contribution in [0.15, 0.2) is 0 Å². The van der Waals surface area contributed by atoms with Crippen molar-refractivity contribution in [3.63, 3.8) is 0 Å². The van der Waals surface area contributed by atoms with E-state index in [1.807, 2.05) is 0 Å². The Labute approximate surface area is 95.5 Å². The number of ether oxygens (including phenoxy) is 2. The molecule has 0 bridgehead atoms. The number of carbonyl (C=O) groups is 1. The molecular formula is C11H20FNO3. The second kappa shape index (κ2) is 4.99. The van der Waals surface area contributed by atoms with Crippen molar-refractivity contribution >= 4 is 6.09 Å². The van der Waals surface area contributed by atoms with Crippen molar-refractivity contribution in [3.05, 3.63) is 0 Å². The van der Waals surface area contributed by atoms with E-state index < -0.39 is 17.4 Å². The second-order valence-corrected chi connectivity index (χ2v) is 5.16. The van der Waals surface area contributed by atoms with Crippen molar-refractivity contribution in [2.24, 2.45) is 0 Å². The van der Waals surface area contributed by atoms with E-state index >= 15 is 0 Å². The van der Waals surface area contributed by atoms with E-state index in [9.17, 15) is 9.18 Å². The summed E-state index contributed by atoms with van der Waals surface area (Å²) >= 11 is 0. The molecule has 0 spiro atoms. The number of carbonyl (C=O) groups excluding carboxylic acids is 1. The van der Waals surface area contributed by atoms with Crippen LogP contribution < -0.4 is 5.32 Å². The van der Waals surface area contributed by atoms with Crippen molar-refractivity contribution in [1.82, 2.24) is 5.32 Å². The van der Waals surface area contributed by atoms with Crippen molar-refractivity contribution in [2.45, 2.75) is 44.9 Å². The van der Waals surface area contributed by atoms with Gasteiger partial charge in [0.05, 0.1) is 13.2 Å². The Balaban J connectivity index is 2.30. The van der Waals surface area contributed by atoms with Gasteiger partial charge >= 0.3 is 6.09 Å². The summed E-state index contributed by atoms with van der Waals surface area (Å²) in [5, 5.41) is 2.43. The first-order valence-corrected chi connectivity index (χ1v) is 5.54. The van der Waals surface area contributed by atoms with Gasteiger partial charge in [0.15, 0.2) is 5.67 Å². The molecule has 1 fully saturated rings. The third-order valence-electron chi connectivity index (χ3n) is 2.22. The topological polar surface area (TPSA) is 47.6 Å². The molecule has 1 aliphatic heterocycles. The maximum absolute atomic E-state index is 14.0. The number of hydrogen-bond donors (Lipinski definition) is 1. The zero-order valence-electron chi connectivity index (χ0n) is 10.1. The molecule has 1 rings (SSSR count). The average molecular weight is 233 g/mol. The number of alkyl halides is 1. The first-order valence-electron chi connectivity index (χ1n) is 5.54.